The Balaban J connectivity index is 2.56. The summed E-state index contributed by atoms with van der Waals surface area (Å²) in [6, 6.07) is 5.70. The SMILES string of the molecule is Nc1c[nH]c2nc3[nH]c(=S)ccc3cc2c1=S. The Morgan fingerprint density at radius 3 is 2.82 bits per heavy atom. The van der Waals surface area contributed by atoms with Crippen LogP contribution in [-0.4, -0.2) is 15.0 Å². The first-order valence-electron chi connectivity index (χ1n) is 4.96. The first-order chi connectivity index (χ1) is 8.15. The van der Waals surface area contributed by atoms with Crippen LogP contribution in [0, 0.1) is 9.15 Å². The Kier molecular flexibility index (Phi) is 2.20. The second-order valence-corrected chi connectivity index (χ2v) is 4.57. The molecule has 0 aliphatic carbocycles. The quantitative estimate of drug-likeness (QED) is 0.429. The van der Waals surface area contributed by atoms with Crippen molar-refractivity contribution in [1.82, 2.24) is 15.0 Å². The molecule has 3 rings (SSSR count). The van der Waals surface area contributed by atoms with Crippen LogP contribution in [0.5, 0.6) is 0 Å². The number of hydrogen-bond donors (Lipinski definition) is 3. The molecule has 6 heteroatoms. The third kappa shape index (κ3) is 1.62. The number of H-pyrrole nitrogens is 2. The summed E-state index contributed by atoms with van der Waals surface area (Å²) >= 11 is 10.3. The summed E-state index contributed by atoms with van der Waals surface area (Å²) in [5, 5.41) is 1.80. The van der Waals surface area contributed by atoms with Gasteiger partial charge in [-0.05, 0) is 18.2 Å². The van der Waals surface area contributed by atoms with Crippen LogP contribution in [0.15, 0.2) is 24.4 Å². The summed E-state index contributed by atoms with van der Waals surface area (Å²) in [4.78, 5) is 10.5. The lowest BCUT2D eigenvalue weighted by Gasteiger charge is -2.03. The smallest absolute Gasteiger partial charge is 0.141 e. The summed E-state index contributed by atoms with van der Waals surface area (Å²) < 4.78 is 1.27. The third-order valence-corrected chi connectivity index (χ3v) is 3.27. The van der Waals surface area contributed by atoms with Crippen LogP contribution >= 0.6 is 24.4 Å². The Morgan fingerprint density at radius 1 is 1.18 bits per heavy atom. The number of nitrogens with one attached hydrogen (secondary N) is 2. The van der Waals surface area contributed by atoms with Gasteiger partial charge in [0.15, 0.2) is 0 Å². The van der Waals surface area contributed by atoms with Gasteiger partial charge >= 0.3 is 0 Å². The van der Waals surface area contributed by atoms with Crippen molar-refractivity contribution >= 4 is 52.2 Å². The van der Waals surface area contributed by atoms with Gasteiger partial charge in [0, 0.05) is 17.0 Å². The van der Waals surface area contributed by atoms with Gasteiger partial charge in [0.1, 0.15) is 15.9 Å². The summed E-state index contributed by atoms with van der Waals surface area (Å²) in [6.07, 6.45) is 1.65. The minimum Gasteiger partial charge on any atom is -0.396 e. The molecule has 0 atom stereocenters. The van der Waals surface area contributed by atoms with E-state index in [0.717, 1.165) is 16.4 Å². The molecule has 0 bridgehead atoms. The molecule has 84 valence electrons. The van der Waals surface area contributed by atoms with Crippen molar-refractivity contribution < 1.29 is 0 Å². The molecule has 3 heterocycles. The van der Waals surface area contributed by atoms with Gasteiger partial charge in [-0.1, -0.05) is 24.4 Å². The lowest BCUT2D eigenvalue weighted by atomic mass is 10.2. The van der Waals surface area contributed by atoms with Crippen LogP contribution in [-0.2, 0) is 0 Å². The monoisotopic (exact) mass is 260 g/mol. The predicted octanol–water partition coefficient (Wildman–Crippen LogP) is 3.09. The highest BCUT2D eigenvalue weighted by atomic mass is 32.1. The summed E-state index contributed by atoms with van der Waals surface area (Å²) in [5.74, 6) is 0. The van der Waals surface area contributed by atoms with Crippen LogP contribution in [0.4, 0.5) is 5.69 Å². The maximum Gasteiger partial charge on any atom is 0.141 e. The van der Waals surface area contributed by atoms with Gasteiger partial charge < -0.3 is 15.7 Å². The number of aromatic nitrogens is 3. The fourth-order valence-electron chi connectivity index (χ4n) is 1.73. The molecular weight excluding hydrogens is 252 g/mol. The standard InChI is InChI=1S/C11H8N4S2/c12-7-4-13-11-6(9(7)17)3-5-1-2-8(16)14-10(5)15-11/h1-4H,12H2,(H2,13,14,15,16,17). The van der Waals surface area contributed by atoms with Crippen molar-refractivity contribution in [3.8, 4) is 0 Å². The van der Waals surface area contributed by atoms with Crippen LogP contribution in [0.25, 0.3) is 22.1 Å². The van der Waals surface area contributed by atoms with E-state index in [2.05, 4.69) is 15.0 Å². The first-order valence-corrected chi connectivity index (χ1v) is 5.78. The number of anilines is 1. The van der Waals surface area contributed by atoms with Gasteiger partial charge in [0.05, 0.1) is 10.2 Å². The van der Waals surface area contributed by atoms with Crippen LogP contribution < -0.4 is 5.73 Å². The molecular formula is C11H8N4S2. The molecule has 4 nitrogen and oxygen atoms in total. The van der Waals surface area contributed by atoms with Crippen molar-refractivity contribution in [2.45, 2.75) is 0 Å². The summed E-state index contributed by atoms with van der Waals surface area (Å²) in [5.41, 5.74) is 7.76. The Bertz CT molecular complexity index is 847. The van der Waals surface area contributed by atoms with E-state index >= 15 is 0 Å². The van der Waals surface area contributed by atoms with Gasteiger partial charge in [-0.25, -0.2) is 4.98 Å². The van der Waals surface area contributed by atoms with Gasteiger partial charge in [-0.15, -0.1) is 0 Å². The molecule has 17 heavy (non-hydrogen) atoms. The Hall–Kier alpha value is -1.79. The van der Waals surface area contributed by atoms with Crippen LogP contribution in [0.1, 0.15) is 0 Å². The molecule has 3 aromatic heterocycles. The van der Waals surface area contributed by atoms with E-state index < -0.39 is 0 Å². The molecule has 0 aromatic carbocycles. The van der Waals surface area contributed by atoms with Crippen molar-refractivity contribution in [1.29, 1.82) is 0 Å². The average molecular weight is 260 g/mol. The number of nitrogens with zero attached hydrogens (tertiary/aromatic N) is 1. The molecule has 0 amide bonds. The van der Waals surface area contributed by atoms with Gasteiger partial charge in [-0.2, -0.15) is 0 Å². The van der Waals surface area contributed by atoms with Crippen molar-refractivity contribution in [3.63, 3.8) is 0 Å². The summed E-state index contributed by atoms with van der Waals surface area (Å²) in [6.45, 7) is 0. The zero-order valence-electron chi connectivity index (χ0n) is 8.65. The second-order valence-electron chi connectivity index (χ2n) is 3.72. The lowest BCUT2D eigenvalue weighted by molar-refractivity contribution is 1.26. The molecule has 0 saturated heterocycles. The minimum absolute atomic E-state index is 0.553. The second kappa shape index (κ2) is 3.61. The molecule has 0 aliphatic rings. The molecule has 0 fully saturated rings. The summed E-state index contributed by atoms with van der Waals surface area (Å²) in [7, 11) is 0. The zero-order chi connectivity index (χ0) is 12.0. The molecule has 0 unspecified atom stereocenters. The van der Waals surface area contributed by atoms with E-state index in [4.69, 9.17) is 30.2 Å². The Labute approximate surface area is 107 Å². The van der Waals surface area contributed by atoms with Gasteiger partial charge in [-0.3, -0.25) is 0 Å². The fourth-order valence-corrected chi connectivity index (χ4v) is 2.11. The largest absolute Gasteiger partial charge is 0.396 e. The molecule has 0 saturated carbocycles. The molecule has 4 N–H and O–H groups in total. The maximum atomic E-state index is 5.77. The number of pyridine rings is 3. The van der Waals surface area contributed by atoms with E-state index in [1.165, 1.54) is 0 Å². The first kappa shape index (κ1) is 10.4. The topological polar surface area (TPSA) is 70.5 Å². The third-order valence-electron chi connectivity index (χ3n) is 2.58. The predicted molar refractivity (Wildman–Crippen MR) is 74.0 cm³/mol. The average Bonchev–Trinajstić information content (AvgIpc) is 2.32. The molecule has 0 spiro atoms. The van der Waals surface area contributed by atoms with E-state index in [-0.39, 0.29) is 0 Å². The highest BCUT2D eigenvalue weighted by molar-refractivity contribution is 7.72. The molecule has 3 aromatic rings. The minimum atomic E-state index is 0.553. The van der Waals surface area contributed by atoms with Crippen LogP contribution in [0.3, 0.4) is 0 Å². The number of fused-ring (bicyclic) bond motifs is 2. The lowest BCUT2D eigenvalue weighted by Crippen LogP contribution is -1.93. The zero-order valence-corrected chi connectivity index (χ0v) is 10.3. The van der Waals surface area contributed by atoms with Crippen molar-refractivity contribution in [2.75, 3.05) is 5.73 Å². The van der Waals surface area contributed by atoms with E-state index in [9.17, 15) is 0 Å². The normalized spacial score (nSPS) is 11.1. The molecule has 0 aliphatic heterocycles. The van der Waals surface area contributed by atoms with Gasteiger partial charge in [0.2, 0.25) is 0 Å². The fraction of sp³-hybridized carbons (Fsp3) is 0. The molecule has 0 radical (unpaired) electrons. The number of nitrogen functional groups attached to an aromatic ring is 1. The van der Waals surface area contributed by atoms with E-state index in [1.807, 2.05) is 18.2 Å². The number of hydrogen-bond acceptors (Lipinski definition) is 4. The number of nitrogens with two attached hydrogens (primary N) is 1. The van der Waals surface area contributed by atoms with Crippen molar-refractivity contribution in [2.24, 2.45) is 0 Å². The highest BCUT2D eigenvalue weighted by Gasteiger charge is 2.03. The Morgan fingerprint density at radius 2 is 2.00 bits per heavy atom. The highest BCUT2D eigenvalue weighted by Crippen LogP contribution is 2.20. The van der Waals surface area contributed by atoms with Gasteiger partial charge in [0.25, 0.3) is 0 Å². The van der Waals surface area contributed by atoms with Crippen LogP contribution in [0.2, 0.25) is 0 Å². The number of aromatic amines is 2. The van der Waals surface area contributed by atoms with Crippen molar-refractivity contribution in [3.05, 3.63) is 33.5 Å². The van der Waals surface area contributed by atoms with E-state index in [1.54, 1.807) is 6.20 Å². The number of rotatable bonds is 0. The van der Waals surface area contributed by atoms with E-state index in [0.29, 0.717) is 20.5 Å². The maximum absolute atomic E-state index is 5.77.